The van der Waals surface area contributed by atoms with Gasteiger partial charge in [-0.2, -0.15) is 0 Å². The molecule has 4 aromatic rings. The maximum absolute atomic E-state index is 10.1. The first-order valence-electron chi connectivity index (χ1n) is 8.95. The number of aldehydes is 1. The van der Waals surface area contributed by atoms with Gasteiger partial charge in [-0.15, -0.1) is 0 Å². The lowest BCUT2D eigenvalue weighted by Crippen LogP contribution is -2.02. The molecule has 0 radical (unpaired) electrons. The van der Waals surface area contributed by atoms with Crippen molar-refractivity contribution >= 4 is 52.7 Å². The van der Waals surface area contributed by atoms with Crippen molar-refractivity contribution in [2.45, 2.75) is 6.10 Å². The standard InChI is InChI=1S/C11H8Cl2N2O.C6H4ClNO.C5H4ClN/c12-10-7(3-1-5-14-10)9(16)8-4-2-6-15-11(8)13;7-6-5(4-9)2-1-3-8-6;6-5-3-1-2-4-7-5/h1-6,9,16H;1-4H;1-4H. The van der Waals surface area contributed by atoms with Crippen molar-refractivity contribution < 1.29 is 9.90 Å². The lowest BCUT2D eigenvalue weighted by molar-refractivity contribution is 0.112. The molecule has 164 valence electrons. The van der Waals surface area contributed by atoms with E-state index in [1.54, 1.807) is 61.1 Å². The van der Waals surface area contributed by atoms with Gasteiger partial charge in [0, 0.05) is 35.9 Å². The number of rotatable bonds is 3. The zero-order valence-corrected chi connectivity index (χ0v) is 19.3. The Bertz CT molecular complexity index is 1090. The summed E-state index contributed by atoms with van der Waals surface area (Å²) in [6.07, 6.45) is 6.07. The van der Waals surface area contributed by atoms with Gasteiger partial charge in [-0.1, -0.05) is 64.6 Å². The van der Waals surface area contributed by atoms with E-state index in [9.17, 15) is 9.90 Å². The Morgan fingerprint density at radius 1 is 0.656 bits per heavy atom. The van der Waals surface area contributed by atoms with E-state index in [0.29, 0.717) is 28.1 Å². The third-order valence-electron chi connectivity index (χ3n) is 3.71. The van der Waals surface area contributed by atoms with E-state index < -0.39 is 6.10 Å². The molecule has 0 fully saturated rings. The van der Waals surface area contributed by atoms with Crippen molar-refractivity contribution in [3.05, 3.63) is 117 Å². The highest BCUT2D eigenvalue weighted by molar-refractivity contribution is 6.32. The number of carbonyl (C=O) groups is 1. The van der Waals surface area contributed by atoms with Gasteiger partial charge in [0.2, 0.25) is 0 Å². The predicted octanol–water partition coefficient (Wildman–Crippen LogP) is 6.15. The highest BCUT2D eigenvalue weighted by Crippen LogP contribution is 2.29. The number of aromatic nitrogens is 4. The second-order valence-electron chi connectivity index (χ2n) is 5.82. The Hall–Kier alpha value is -2.61. The van der Waals surface area contributed by atoms with Crippen LogP contribution in [0, 0.1) is 0 Å². The van der Waals surface area contributed by atoms with E-state index in [1.165, 1.54) is 6.20 Å². The zero-order chi connectivity index (χ0) is 23.3. The van der Waals surface area contributed by atoms with Gasteiger partial charge < -0.3 is 5.11 Å². The monoisotopic (exact) mass is 508 g/mol. The van der Waals surface area contributed by atoms with Crippen LogP contribution in [0.25, 0.3) is 0 Å². The fourth-order valence-corrected chi connectivity index (χ4v) is 2.94. The van der Waals surface area contributed by atoms with Gasteiger partial charge in [-0.25, -0.2) is 19.9 Å². The third-order valence-corrected chi connectivity index (χ3v) is 4.88. The van der Waals surface area contributed by atoms with Crippen molar-refractivity contribution in [2.75, 3.05) is 0 Å². The topological polar surface area (TPSA) is 88.9 Å². The molecule has 0 unspecified atom stereocenters. The molecule has 0 atom stereocenters. The number of pyridine rings is 4. The van der Waals surface area contributed by atoms with Crippen LogP contribution in [0.1, 0.15) is 27.6 Å². The lowest BCUT2D eigenvalue weighted by atomic mass is 10.1. The average Bonchev–Trinajstić information content (AvgIpc) is 2.81. The molecule has 0 amide bonds. The molecule has 0 aromatic carbocycles. The van der Waals surface area contributed by atoms with Crippen LogP contribution in [0.5, 0.6) is 0 Å². The molecule has 0 saturated carbocycles. The van der Waals surface area contributed by atoms with Crippen LogP contribution in [0.15, 0.2) is 79.4 Å². The van der Waals surface area contributed by atoms with Crippen molar-refractivity contribution in [1.29, 1.82) is 0 Å². The molecule has 10 heteroatoms. The molecule has 4 rings (SSSR count). The van der Waals surface area contributed by atoms with Gasteiger partial charge in [0.25, 0.3) is 0 Å². The fourth-order valence-electron chi connectivity index (χ4n) is 2.20. The van der Waals surface area contributed by atoms with Crippen molar-refractivity contribution in [3.63, 3.8) is 0 Å². The van der Waals surface area contributed by atoms with E-state index in [-0.39, 0.29) is 15.5 Å². The number of aliphatic hydroxyl groups is 1. The summed E-state index contributed by atoms with van der Waals surface area (Å²) in [4.78, 5) is 25.3. The summed E-state index contributed by atoms with van der Waals surface area (Å²) in [5, 5.41) is 11.4. The van der Waals surface area contributed by atoms with Crippen LogP contribution < -0.4 is 0 Å². The SMILES string of the molecule is Clc1ccccn1.O=Cc1cccnc1Cl.OC(c1cccnc1Cl)c1cccnc1Cl. The Balaban J connectivity index is 0.000000191. The van der Waals surface area contributed by atoms with E-state index in [1.807, 2.05) is 12.1 Å². The van der Waals surface area contributed by atoms with Gasteiger partial charge >= 0.3 is 0 Å². The summed E-state index contributed by atoms with van der Waals surface area (Å²) in [6, 6.07) is 15.5. The minimum atomic E-state index is -0.914. The van der Waals surface area contributed by atoms with E-state index in [2.05, 4.69) is 19.9 Å². The Labute approximate surface area is 204 Å². The number of carbonyl (C=O) groups excluding carboxylic acids is 1. The molecule has 0 aliphatic rings. The van der Waals surface area contributed by atoms with Crippen LogP contribution in [0.4, 0.5) is 0 Å². The molecule has 0 bridgehead atoms. The summed E-state index contributed by atoms with van der Waals surface area (Å²) < 4.78 is 0. The highest BCUT2D eigenvalue weighted by Gasteiger charge is 2.17. The molecule has 0 spiro atoms. The van der Waals surface area contributed by atoms with Crippen LogP contribution in [0.3, 0.4) is 0 Å². The first-order chi connectivity index (χ1) is 15.4. The fraction of sp³-hybridized carbons (Fsp3) is 0.0455. The molecule has 4 heterocycles. The minimum absolute atomic E-state index is 0.257. The first kappa shape index (κ1) is 25.6. The minimum Gasteiger partial charge on any atom is -0.383 e. The molecule has 4 aromatic heterocycles. The first-order valence-corrected chi connectivity index (χ1v) is 10.5. The maximum atomic E-state index is 10.1. The molecule has 0 aliphatic heterocycles. The number of nitrogens with zero attached hydrogens (tertiary/aromatic N) is 4. The van der Waals surface area contributed by atoms with Crippen molar-refractivity contribution in [1.82, 2.24) is 19.9 Å². The van der Waals surface area contributed by atoms with Gasteiger partial charge in [0.15, 0.2) is 6.29 Å². The molecule has 0 aliphatic carbocycles. The molecular weight excluding hydrogens is 494 g/mol. The molecule has 32 heavy (non-hydrogen) atoms. The smallest absolute Gasteiger partial charge is 0.153 e. The summed E-state index contributed by atoms with van der Waals surface area (Å²) in [7, 11) is 0. The molecule has 1 N–H and O–H groups in total. The van der Waals surface area contributed by atoms with Crippen molar-refractivity contribution in [2.24, 2.45) is 0 Å². The second kappa shape index (κ2) is 13.7. The van der Waals surface area contributed by atoms with E-state index in [4.69, 9.17) is 46.4 Å². The third kappa shape index (κ3) is 8.15. The lowest BCUT2D eigenvalue weighted by Gasteiger charge is -2.12. The van der Waals surface area contributed by atoms with Gasteiger partial charge in [0.1, 0.15) is 26.7 Å². The van der Waals surface area contributed by atoms with Crippen molar-refractivity contribution in [3.8, 4) is 0 Å². The summed E-state index contributed by atoms with van der Waals surface area (Å²) >= 11 is 22.7. The summed E-state index contributed by atoms with van der Waals surface area (Å²) in [5.41, 5.74) is 1.46. The Morgan fingerprint density at radius 2 is 1.16 bits per heavy atom. The van der Waals surface area contributed by atoms with E-state index in [0.717, 1.165) is 0 Å². The van der Waals surface area contributed by atoms with Gasteiger partial charge in [0.05, 0.1) is 5.56 Å². The second-order valence-corrected chi connectivity index (χ2v) is 7.28. The molecule has 6 nitrogen and oxygen atoms in total. The maximum Gasteiger partial charge on any atom is 0.153 e. The average molecular weight is 510 g/mol. The molecular formula is C22H16Cl4N4O2. The van der Waals surface area contributed by atoms with Crippen LogP contribution in [0.2, 0.25) is 20.6 Å². The Morgan fingerprint density at radius 3 is 1.50 bits per heavy atom. The number of aliphatic hydroxyl groups excluding tert-OH is 1. The quantitative estimate of drug-likeness (QED) is 0.263. The predicted molar refractivity (Wildman–Crippen MR) is 126 cm³/mol. The number of hydrogen-bond acceptors (Lipinski definition) is 6. The van der Waals surface area contributed by atoms with Crippen LogP contribution in [-0.4, -0.2) is 31.3 Å². The van der Waals surface area contributed by atoms with Gasteiger partial charge in [-0.3, -0.25) is 4.79 Å². The molecule has 0 saturated heterocycles. The van der Waals surface area contributed by atoms with Crippen LogP contribution >= 0.6 is 46.4 Å². The van der Waals surface area contributed by atoms with Gasteiger partial charge in [-0.05, 0) is 36.4 Å². The number of halogens is 4. The number of hydrogen-bond donors (Lipinski definition) is 1. The highest BCUT2D eigenvalue weighted by atomic mass is 35.5. The normalized spacial score (nSPS) is 9.81. The van der Waals surface area contributed by atoms with E-state index >= 15 is 0 Å². The largest absolute Gasteiger partial charge is 0.383 e. The summed E-state index contributed by atoms with van der Waals surface area (Å²) in [5.74, 6) is 0. The van der Waals surface area contributed by atoms with Crippen LogP contribution in [-0.2, 0) is 0 Å². The summed E-state index contributed by atoms with van der Waals surface area (Å²) in [6.45, 7) is 0. The Kier molecular flexibility index (Phi) is 11.0. The zero-order valence-electron chi connectivity index (χ0n) is 16.3.